The molecule has 2 aliphatic rings. The molecule has 2 rings (SSSR count). The van der Waals surface area contributed by atoms with Crippen LogP contribution < -0.4 is 0 Å². The van der Waals surface area contributed by atoms with E-state index in [2.05, 4.69) is 10.7 Å². The SMILES string of the molecule is CC(C)(C)OC(=O)N1CCCC(O)CC1.CC(C)(C)OC(=O)N1CCCC(OS(C)(=O)=O)CC1.CS(=O)(=O)Cl. The van der Waals surface area contributed by atoms with Crippen molar-refractivity contribution < 1.29 is 45.2 Å². The minimum atomic E-state index is -3.44. The summed E-state index contributed by atoms with van der Waals surface area (Å²) in [5.41, 5.74) is -0.964. The first-order valence-electron chi connectivity index (χ1n) is 12.9. The molecule has 0 aromatic heterocycles. The Morgan fingerprint density at radius 1 is 0.744 bits per heavy atom. The van der Waals surface area contributed by atoms with Crippen LogP contribution in [0.25, 0.3) is 0 Å². The molecule has 0 saturated carbocycles. The van der Waals surface area contributed by atoms with E-state index in [0.29, 0.717) is 51.9 Å². The summed E-state index contributed by atoms with van der Waals surface area (Å²) in [5, 5.41) is 9.44. The van der Waals surface area contributed by atoms with Crippen molar-refractivity contribution in [2.75, 3.05) is 38.7 Å². The van der Waals surface area contributed by atoms with Crippen molar-refractivity contribution in [2.45, 2.75) is 103 Å². The van der Waals surface area contributed by atoms with Crippen LogP contribution in [0.4, 0.5) is 9.59 Å². The number of aliphatic hydroxyl groups excluding tert-OH is 1. The number of carbonyl (C=O) groups excluding carboxylic acids is 2. The normalized spacial score (nSPS) is 21.2. The number of hydrogen-bond acceptors (Lipinski definition) is 10. The molecule has 2 fully saturated rings. The van der Waals surface area contributed by atoms with Crippen LogP contribution in [0.5, 0.6) is 0 Å². The summed E-state index contributed by atoms with van der Waals surface area (Å²) in [7, 11) is -2.13. The molecule has 15 heteroatoms. The Bertz CT molecular complexity index is 968. The molecule has 2 atom stereocenters. The van der Waals surface area contributed by atoms with E-state index < -0.39 is 30.4 Å². The summed E-state index contributed by atoms with van der Waals surface area (Å²) < 4.78 is 56.5. The van der Waals surface area contributed by atoms with E-state index in [1.807, 2.05) is 41.5 Å². The number of carbonyl (C=O) groups is 2. The van der Waals surface area contributed by atoms with Crippen molar-refractivity contribution >= 4 is 42.0 Å². The van der Waals surface area contributed by atoms with Gasteiger partial charge in [0.1, 0.15) is 11.2 Å². The topological polar surface area (TPSA) is 157 Å². The summed E-state index contributed by atoms with van der Waals surface area (Å²) in [6.45, 7) is 13.3. The lowest BCUT2D eigenvalue weighted by molar-refractivity contribution is 0.0240. The molecule has 0 aliphatic carbocycles. The lowest BCUT2D eigenvalue weighted by atomic mass is 10.2. The Hall–Kier alpha value is -1.35. The highest BCUT2D eigenvalue weighted by molar-refractivity contribution is 8.13. The Morgan fingerprint density at radius 2 is 1.13 bits per heavy atom. The molecule has 0 radical (unpaired) electrons. The highest BCUT2D eigenvalue weighted by Crippen LogP contribution is 2.18. The number of nitrogens with zero attached hydrogens (tertiary/aromatic N) is 2. The van der Waals surface area contributed by atoms with Crippen LogP contribution in [0.2, 0.25) is 0 Å². The zero-order chi connectivity index (χ0) is 30.7. The van der Waals surface area contributed by atoms with E-state index in [1.165, 1.54) is 0 Å². The predicted molar refractivity (Wildman–Crippen MR) is 150 cm³/mol. The van der Waals surface area contributed by atoms with Crippen molar-refractivity contribution in [3.05, 3.63) is 0 Å². The van der Waals surface area contributed by atoms with Crippen LogP contribution in [-0.4, -0.2) is 106 Å². The molecule has 12 nitrogen and oxygen atoms in total. The zero-order valence-electron chi connectivity index (χ0n) is 24.4. The number of aliphatic hydroxyl groups is 1. The van der Waals surface area contributed by atoms with Gasteiger partial charge in [-0.3, -0.25) is 4.18 Å². The van der Waals surface area contributed by atoms with Crippen LogP contribution in [0.15, 0.2) is 0 Å². The van der Waals surface area contributed by atoms with Gasteiger partial charge in [-0.2, -0.15) is 8.42 Å². The lowest BCUT2D eigenvalue weighted by Gasteiger charge is -2.26. The molecular formula is C24H47ClN2O10S2. The first kappa shape index (κ1) is 37.6. The molecule has 2 unspecified atom stereocenters. The summed E-state index contributed by atoms with van der Waals surface area (Å²) in [4.78, 5) is 26.9. The first-order valence-corrected chi connectivity index (χ1v) is 17.4. The minimum absolute atomic E-state index is 0.266. The maximum Gasteiger partial charge on any atom is 0.410 e. The maximum atomic E-state index is 11.9. The van der Waals surface area contributed by atoms with Gasteiger partial charge in [0.25, 0.3) is 10.1 Å². The second kappa shape index (κ2) is 16.2. The molecule has 0 aromatic rings. The number of halogens is 1. The molecule has 2 saturated heterocycles. The molecule has 0 spiro atoms. The van der Waals surface area contributed by atoms with E-state index in [0.717, 1.165) is 25.4 Å². The van der Waals surface area contributed by atoms with Gasteiger partial charge in [-0.25, -0.2) is 18.0 Å². The first-order chi connectivity index (χ1) is 17.5. The summed E-state index contributed by atoms with van der Waals surface area (Å²) in [5.74, 6) is 0. The van der Waals surface area contributed by atoms with Crippen molar-refractivity contribution in [1.82, 2.24) is 9.80 Å². The molecule has 1 N–H and O–H groups in total. The van der Waals surface area contributed by atoms with Gasteiger partial charge < -0.3 is 24.4 Å². The number of hydrogen-bond donors (Lipinski definition) is 1. The molecule has 0 aromatic carbocycles. The summed E-state index contributed by atoms with van der Waals surface area (Å²) in [6.07, 6.45) is 4.86. The molecule has 2 heterocycles. The van der Waals surface area contributed by atoms with Gasteiger partial charge in [0, 0.05) is 36.9 Å². The van der Waals surface area contributed by atoms with Crippen LogP contribution in [-0.2, 0) is 32.8 Å². The average Bonchev–Trinajstić information content (AvgIpc) is 3.03. The van der Waals surface area contributed by atoms with Gasteiger partial charge in [0.05, 0.1) is 24.7 Å². The van der Waals surface area contributed by atoms with E-state index in [1.54, 1.807) is 9.80 Å². The van der Waals surface area contributed by atoms with Gasteiger partial charge >= 0.3 is 12.2 Å². The molecule has 2 aliphatic heterocycles. The molecule has 0 bridgehead atoms. The number of likely N-dealkylation sites (tertiary alicyclic amines) is 2. The van der Waals surface area contributed by atoms with Crippen LogP contribution in [0, 0.1) is 0 Å². The Kier molecular flexibility index (Phi) is 15.6. The summed E-state index contributed by atoms with van der Waals surface area (Å²) in [6, 6.07) is 0. The average molecular weight is 623 g/mol. The fourth-order valence-corrected chi connectivity index (χ4v) is 4.19. The predicted octanol–water partition coefficient (Wildman–Crippen LogP) is 3.71. The molecule has 2 amide bonds. The fraction of sp³-hybridized carbons (Fsp3) is 0.917. The number of amides is 2. The van der Waals surface area contributed by atoms with Crippen molar-refractivity contribution in [3.8, 4) is 0 Å². The van der Waals surface area contributed by atoms with E-state index in [-0.39, 0.29) is 24.4 Å². The van der Waals surface area contributed by atoms with Crippen LogP contribution >= 0.6 is 10.7 Å². The van der Waals surface area contributed by atoms with Crippen LogP contribution in [0.1, 0.15) is 80.1 Å². The summed E-state index contributed by atoms with van der Waals surface area (Å²) >= 11 is 0. The Labute approximate surface area is 238 Å². The van der Waals surface area contributed by atoms with Crippen molar-refractivity contribution in [1.29, 1.82) is 0 Å². The molecular weight excluding hydrogens is 576 g/mol. The largest absolute Gasteiger partial charge is 0.444 e. The zero-order valence-corrected chi connectivity index (χ0v) is 26.8. The fourth-order valence-electron chi connectivity index (χ4n) is 3.51. The second-order valence-electron chi connectivity index (χ2n) is 11.6. The second-order valence-corrected chi connectivity index (χ2v) is 16.2. The van der Waals surface area contributed by atoms with Gasteiger partial charge in [-0.1, -0.05) is 0 Å². The third-order valence-electron chi connectivity index (χ3n) is 4.99. The third-order valence-corrected chi connectivity index (χ3v) is 5.61. The maximum absolute atomic E-state index is 11.9. The highest BCUT2D eigenvalue weighted by Gasteiger charge is 2.27. The van der Waals surface area contributed by atoms with E-state index in [4.69, 9.17) is 13.7 Å². The number of rotatable bonds is 2. The van der Waals surface area contributed by atoms with Crippen molar-refractivity contribution in [3.63, 3.8) is 0 Å². The van der Waals surface area contributed by atoms with Gasteiger partial charge in [-0.15, -0.1) is 0 Å². The quantitative estimate of drug-likeness (QED) is 0.356. The van der Waals surface area contributed by atoms with Gasteiger partial charge in [0.2, 0.25) is 9.05 Å². The third kappa shape index (κ3) is 23.1. The monoisotopic (exact) mass is 622 g/mol. The van der Waals surface area contributed by atoms with Crippen molar-refractivity contribution in [2.24, 2.45) is 0 Å². The molecule has 232 valence electrons. The van der Waals surface area contributed by atoms with E-state index in [9.17, 15) is 31.5 Å². The minimum Gasteiger partial charge on any atom is -0.444 e. The smallest absolute Gasteiger partial charge is 0.410 e. The van der Waals surface area contributed by atoms with Gasteiger partial charge in [-0.05, 0) is 80.1 Å². The number of ether oxygens (including phenoxy) is 2. The highest BCUT2D eigenvalue weighted by atomic mass is 35.7. The lowest BCUT2D eigenvalue weighted by Crippen LogP contribution is -2.37. The van der Waals surface area contributed by atoms with Gasteiger partial charge in [0.15, 0.2) is 0 Å². The standard InChI is InChI=1S/C12H23NO5S.C11H21NO3.CH3ClO2S/c1-12(2,3)17-11(14)13-8-5-6-10(7-9-13)18-19(4,15)16;1-11(2,3)15-10(14)12-7-4-5-9(13)6-8-12;1-5(2,3)4/h10H,5-9H2,1-4H3;9,13H,4-8H2,1-3H3;1H3. The van der Waals surface area contributed by atoms with Crippen LogP contribution in [0.3, 0.4) is 0 Å². The Morgan fingerprint density at radius 3 is 1.51 bits per heavy atom. The molecule has 39 heavy (non-hydrogen) atoms. The van der Waals surface area contributed by atoms with E-state index >= 15 is 0 Å². The Balaban J connectivity index is 0.000000643.